The number of likely N-dealkylation sites (tertiary alicyclic amines) is 1. The van der Waals surface area contributed by atoms with Crippen LogP contribution >= 0.6 is 0 Å². The summed E-state index contributed by atoms with van der Waals surface area (Å²) in [5, 5.41) is 9.17. The van der Waals surface area contributed by atoms with E-state index in [9.17, 15) is 18.3 Å². The topological polar surface area (TPSA) is 23.5 Å². The Labute approximate surface area is 69.0 Å². The quantitative estimate of drug-likeness (QED) is 0.605. The minimum absolute atomic E-state index is 0.215. The first kappa shape index (κ1) is 9.80. The summed E-state index contributed by atoms with van der Waals surface area (Å²) in [7, 11) is 1.75. The molecule has 1 aliphatic rings. The lowest BCUT2D eigenvalue weighted by Gasteiger charge is -2.37. The molecule has 1 saturated heterocycles. The molecule has 5 heteroatoms. The zero-order chi connectivity index (χ0) is 9.41. The van der Waals surface area contributed by atoms with E-state index in [0.717, 1.165) is 0 Å². The zero-order valence-electron chi connectivity index (χ0n) is 6.86. The Balaban J connectivity index is 2.62. The van der Waals surface area contributed by atoms with E-state index in [1.807, 2.05) is 0 Å². The van der Waals surface area contributed by atoms with Gasteiger partial charge in [0.05, 0.1) is 0 Å². The molecule has 1 heterocycles. The molecule has 1 N–H and O–H groups in total. The van der Waals surface area contributed by atoms with Gasteiger partial charge in [-0.05, 0) is 19.9 Å². The van der Waals surface area contributed by atoms with Crippen LogP contribution in [0.25, 0.3) is 0 Å². The minimum Gasteiger partial charge on any atom is -0.380 e. The van der Waals surface area contributed by atoms with E-state index in [2.05, 4.69) is 0 Å². The number of hydrogen-bond donors (Lipinski definition) is 1. The molecule has 0 bridgehead atoms. The summed E-state index contributed by atoms with van der Waals surface area (Å²) in [6.45, 7) is 0.603. The van der Waals surface area contributed by atoms with Crippen LogP contribution in [0, 0.1) is 0 Å². The molecule has 2 nitrogen and oxygen atoms in total. The van der Waals surface area contributed by atoms with E-state index in [-0.39, 0.29) is 12.8 Å². The van der Waals surface area contributed by atoms with Gasteiger partial charge in [-0.1, -0.05) is 0 Å². The van der Waals surface area contributed by atoms with Crippen molar-refractivity contribution in [3.05, 3.63) is 0 Å². The van der Waals surface area contributed by atoms with Gasteiger partial charge in [-0.3, -0.25) is 0 Å². The van der Waals surface area contributed by atoms with Crippen LogP contribution in [-0.4, -0.2) is 41.9 Å². The third-order valence-corrected chi connectivity index (χ3v) is 2.34. The van der Waals surface area contributed by atoms with Crippen molar-refractivity contribution >= 4 is 0 Å². The number of halogens is 3. The molecule has 0 radical (unpaired) electrons. The number of nitrogens with zero attached hydrogens (tertiary/aromatic N) is 1. The number of rotatable bonds is 0. The fourth-order valence-electron chi connectivity index (χ4n) is 1.27. The average molecular weight is 183 g/mol. The highest BCUT2D eigenvalue weighted by atomic mass is 19.4. The summed E-state index contributed by atoms with van der Waals surface area (Å²) >= 11 is 0. The van der Waals surface area contributed by atoms with Gasteiger partial charge in [0.2, 0.25) is 0 Å². The second-order valence-corrected chi connectivity index (χ2v) is 3.33. The van der Waals surface area contributed by atoms with Crippen molar-refractivity contribution in [2.75, 3.05) is 20.1 Å². The molecule has 1 rings (SSSR count). The van der Waals surface area contributed by atoms with E-state index < -0.39 is 11.8 Å². The number of piperidine rings is 1. The summed E-state index contributed by atoms with van der Waals surface area (Å²) in [6, 6.07) is 0. The van der Waals surface area contributed by atoms with Gasteiger partial charge >= 0.3 is 6.18 Å². The predicted molar refractivity (Wildman–Crippen MR) is 37.7 cm³/mol. The molecular formula is C7H12F3NO. The van der Waals surface area contributed by atoms with Gasteiger partial charge in [-0.15, -0.1) is 0 Å². The Morgan fingerprint density at radius 1 is 1.25 bits per heavy atom. The first-order valence-corrected chi connectivity index (χ1v) is 3.83. The summed E-state index contributed by atoms with van der Waals surface area (Å²) < 4.78 is 36.6. The molecule has 1 aliphatic heterocycles. The van der Waals surface area contributed by atoms with Crippen molar-refractivity contribution in [1.29, 1.82) is 0 Å². The van der Waals surface area contributed by atoms with Crippen LogP contribution in [0.1, 0.15) is 12.8 Å². The van der Waals surface area contributed by atoms with E-state index >= 15 is 0 Å². The molecule has 0 aromatic heterocycles. The van der Waals surface area contributed by atoms with E-state index in [1.54, 1.807) is 11.9 Å². The number of alkyl halides is 3. The summed E-state index contributed by atoms with van der Waals surface area (Å²) in [4.78, 5) is 1.78. The maximum Gasteiger partial charge on any atom is 0.417 e. The molecule has 72 valence electrons. The molecule has 1 fully saturated rings. The lowest BCUT2D eigenvalue weighted by molar-refractivity contribution is -0.272. The Kier molecular flexibility index (Phi) is 2.35. The third kappa shape index (κ3) is 1.72. The van der Waals surface area contributed by atoms with Gasteiger partial charge in [0, 0.05) is 13.1 Å². The van der Waals surface area contributed by atoms with E-state index in [1.165, 1.54) is 0 Å². The van der Waals surface area contributed by atoms with Crippen molar-refractivity contribution in [3.8, 4) is 0 Å². The lowest BCUT2D eigenvalue weighted by atomic mass is 9.91. The molecule has 0 atom stereocenters. The highest BCUT2D eigenvalue weighted by Crippen LogP contribution is 2.37. The SMILES string of the molecule is CN1CCC(O)(C(F)(F)F)CC1. The van der Waals surface area contributed by atoms with Gasteiger partial charge in [-0.2, -0.15) is 13.2 Å². The lowest BCUT2D eigenvalue weighted by Crippen LogP contribution is -2.52. The molecule has 0 aliphatic carbocycles. The second kappa shape index (κ2) is 2.88. The van der Waals surface area contributed by atoms with Crippen LogP contribution in [-0.2, 0) is 0 Å². The highest BCUT2D eigenvalue weighted by Gasteiger charge is 2.54. The Hall–Kier alpha value is -0.290. The Morgan fingerprint density at radius 2 is 1.67 bits per heavy atom. The molecular weight excluding hydrogens is 171 g/mol. The van der Waals surface area contributed by atoms with Crippen molar-refractivity contribution < 1.29 is 18.3 Å². The van der Waals surface area contributed by atoms with Crippen molar-refractivity contribution in [1.82, 2.24) is 4.90 Å². The molecule has 0 saturated carbocycles. The van der Waals surface area contributed by atoms with E-state index in [0.29, 0.717) is 13.1 Å². The van der Waals surface area contributed by atoms with Crippen LogP contribution < -0.4 is 0 Å². The van der Waals surface area contributed by atoms with Gasteiger partial charge in [0.1, 0.15) is 0 Å². The standard InChI is InChI=1S/C7H12F3NO/c1-11-4-2-6(12,3-5-11)7(8,9)10/h12H,2-5H2,1H3. The maximum absolute atomic E-state index is 12.2. The highest BCUT2D eigenvalue weighted by molar-refractivity contribution is 4.91. The largest absolute Gasteiger partial charge is 0.417 e. The molecule has 12 heavy (non-hydrogen) atoms. The monoisotopic (exact) mass is 183 g/mol. The van der Waals surface area contributed by atoms with Gasteiger partial charge in [-0.25, -0.2) is 0 Å². The molecule has 0 unspecified atom stereocenters. The molecule has 0 aromatic carbocycles. The van der Waals surface area contributed by atoms with Crippen LogP contribution in [0.5, 0.6) is 0 Å². The van der Waals surface area contributed by atoms with E-state index in [4.69, 9.17) is 0 Å². The fraction of sp³-hybridized carbons (Fsp3) is 1.00. The normalized spacial score (nSPS) is 25.8. The second-order valence-electron chi connectivity index (χ2n) is 3.33. The van der Waals surface area contributed by atoms with Crippen LogP contribution in [0.15, 0.2) is 0 Å². The van der Waals surface area contributed by atoms with Crippen LogP contribution in [0.2, 0.25) is 0 Å². The minimum atomic E-state index is -4.48. The van der Waals surface area contributed by atoms with Crippen LogP contribution in [0.3, 0.4) is 0 Å². The van der Waals surface area contributed by atoms with Crippen molar-refractivity contribution in [2.45, 2.75) is 24.6 Å². The van der Waals surface area contributed by atoms with Gasteiger partial charge < -0.3 is 10.0 Å². The maximum atomic E-state index is 12.2. The Morgan fingerprint density at radius 3 is 2.00 bits per heavy atom. The van der Waals surface area contributed by atoms with Crippen molar-refractivity contribution in [2.24, 2.45) is 0 Å². The smallest absolute Gasteiger partial charge is 0.380 e. The summed E-state index contributed by atoms with van der Waals surface area (Å²) in [5.74, 6) is 0. The molecule has 0 spiro atoms. The zero-order valence-corrected chi connectivity index (χ0v) is 6.86. The van der Waals surface area contributed by atoms with Gasteiger partial charge in [0.15, 0.2) is 5.60 Å². The molecule has 0 amide bonds. The number of hydrogen-bond acceptors (Lipinski definition) is 2. The average Bonchev–Trinajstić information content (AvgIpc) is 1.93. The predicted octanol–water partition coefficient (Wildman–Crippen LogP) is 1.01. The van der Waals surface area contributed by atoms with Crippen molar-refractivity contribution in [3.63, 3.8) is 0 Å². The summed E-state index contributed by atoms with van der Waals surface area (Å²) in [5.41, 5.74) is -2.44. The fourth-order valence-corrected chi connectivity index (χ4v) is 1.27. The number of aliphatic hydroxyl groups is 1. The summed E-state index contributed by atoms with van der Waals surface area (Å²) in [6.07, 6.45) is -4.91. The van der Waals surface area contributed by atoms with Gasteiger partial charge in [0.25, 0.3) is 0 Å². The third-order valence-electron chi connectivity index (χ3n) is 2.34. The first-order valence-electron chi connectivity index (χ1n) is 3.83. The Bertz CT molecular complexity index is 161. The van der Waals surface area contributed by atoms with Crippen LogP contribution in [0.4, 0.5) is 13.2 Å². The molecule has 0 aromatic rings. The first-order chi connectivity index (χ1) is 5.35.